The maximum absolute atomic E-state index is 11.0. The van der Waals surface area contributed by atoms with Crippen LogP contribution in [-0.4, -0.2) is 17.3 Å². The Labute approximate surface area is 165 Å². The van der Waals surface area contributed by atoms with Gasteiger partial charge in [0.15, 0.2) is 0 Å². The van der Waals surface area contributed by atoms with Gasteiger partial charge in [-0.2, -0.15) is 0 Å². The summed E-state index contributed by atoms with van der Waals surface area (Å²) in [4.78, 5) is 16.5. The molecule has 0 radical (unpaired) electrons. The summed E-state index contributed by atoms with van der Waals surface area (Å²) >= 11 is 3.26. The van der Waals surface area contributed by atoms with Crippen LogP contribution in [0.2, 0.25) is 0 Å². The molecule has 0 spiro atoms. The second-order valence-corrected chi connectivity index (χ2v) is 7.02. The molecule has 27 heavy (non-hydrogen) atoms. The van der Waals surface area contributed by atoms with Crippen LogP contribution in [0.4, 0.5) is 0 Å². The van der Waals surface area contributed by atoms with Gasteiger partial charge >= 0.3 is 5.97 Å². The van der Waals surface area contributed by atoms with E-state index in [4.69, 9.17) is 14.4 Å². The fourth-order valence-electron chi connectivity index (χ4n) is 2.80. The lowest BCUT2D eigenvalue weighted by Gasteiger charge is -2.03. The van der Waals surface area contributed by atoms with Crippen molar-refractivity contribution in [1.29, 1.82) is 0 Å². The SMILES string of the molecule is CCCCc1oc2ccccc2c1C=NOCc1ccc(C(=O)O)c(Br)c1. The summed E-state index contributed by atoms with van der Waals surface area (Å²) in [6, 6.07) is 12.9. The Hall–Kier alpha value is -2.60. The minimum atomic E-state index is -0.973. The molecule has 0 aliphatic carbocycles. The molecule has 0 aliphatic heterocycles. The highest BCUT2D eigenvalue weighted by molar-refractivity contribution is 9.10. The summed E-state index contributed by atoms with van der Waals surface area (Å²) in [6.45, 7) is 2.39. The van der Waals surface area contributed by atoms with Crippen molar-refractivity contribution in [2.45, 2.75) is 32.8 Å². The molecule has 0 bridgehead atoms. The maximum atomic E-state index is 11.0. The van der Waals surface area contributed by atoms with Gasteiger partial charge in [0, 0.05) is 21.8 Å². The monoisotopic (exact) mass is 429 g/mol. The summed E-state index contributed by atoms with van der Waals surface area (Å²) in [5.74, 6) is -0.0576. The second kappa shape index (κ2) is 8.86. The van der Waals surface area contributed by atoms with Crippen LogP contribution in [0.1, 0.15) is 47.0 Å². The number of benzene rings is 2. The summed E-state index contributed by atoms with van der Waals surface area (Å²) in [7, 11) is 0. The van der Waals surface area contributed by atoms with Crippen LogP contribution in [0, 0.1) is 0 Å². The van der Waals surface area contributed by atoms with Crippen LogP contribution in [-0.2, 0) is 17.9 Å². The summed E-state index contributed by atoms with van der Waals surface area (Å²) in [6.07, 6.45) is 4.68. The van der Waals surface area contributed by atoms with E-state index >= 15 is 0 Å². The van der Waals surface area contributed by atoms with Crippen LogP contribution < -0.4 is 0 Å². The lowest BCUT2D eigenvalue weighted by molar-refractivity contribution is 0.0695. The number of halogens is 1. The fraction of sp³-hybridized carbons (Fsp3) is 0.238. The van der Waals surface area contributed by atoms with Gasteiger partial charge in [0.05, 0.1) is 11.8 Å². The van der Waals surface area contributed by atoms with Gasteiger partial charge in [-0.05, 0) is 46.1 Å². The predicted octanol–water partition coefficient (Wildman–Crippen LogP) is 5.79. The van der Waals surface area contributed by atoms with E-state index in [1.807, 2.05) is 24.3 Å². The van der Waals surface area contributed by atoms with Crippen molar-refractivity contribution in [1.82, 2.24) is 0 Å². The van der Waals surface area contributed by atoms with Crippen LogP contribution >= 0.6 is 15.9 Å². The van der Waals surface area contributed by atoms with Crippen molar-refractivity contribution in [3.63, 3.8) is 0 Å². The highest BCUT2D eigenvalue weighted by Crippen LogP contribution is 2.26. The Morgan fingerprint density at radius 3 is 2.85 bits per heavy atom. The van der Waals surface area contributed by atoms with Crippen LogP contribution in [0.3, 0.4) is 0 Å². The molecule has 0 saturated heterocycles. The Morgan fingerprint density at radius 2 is 2.11 bits per heavy atom. The highest BCUT2D eigenvalue weighted by atomic mass is 79.9. The van der Waals surface area contributed by atoms with Crippen molar-refractivity contribution >= 4 is 39.1 Å². The molecule has 140 valence electrons. The van der Waals surface area contributed by atoms with E-state index in [2.05, 4.69) is 28.0 Å². The number of hydrogen-bond acceptors (Lipinski definition) is 4. The third kappa shape index (κ3) is 4.57. The Balaban J connectivity index is 1.72. The number of furan rings is 1. The van der Waals surface area contributed by atoms with Crippen molar-refractivity contribution < 1.29 is 19.2 Å². The molecular formula is C21H20BrNO4. The Morgan fingerprint density at radius 1 is 1.30 bits per heavy atom. The molecule has 0 saturated carbocycles. The number of carboxylic acids is 1. The fourth-order valence-corrected chi connectivity index (χ4v) is 3.40. The highest BCUT2D eigenvalue weighted by Gasteiger charge is 2.12. The zero-order chi connectivity index (χ0) is 19.2. The van der Waals surface area contributed by atoms with Gasteiger partial charge in [0.25, 0.3) is 0 Å². The number of nitrogens with zero attached hydrogens (tertiary/aromatic N) is 1. The molecular weight excluding hydrogens is 410 g/mol. The largest absolute Gasteiger partial charge is 0.478 e. The molecule has 0 unspecified atom stereocenters. The predicted molar refractivity (Wildman–Crippen MR) is 108 cm³/mol. The van der Waals surface area contributed by atoms with Gasteiger partial charge in [0.1, 0.15) is 18.0 Å². The standard InChI is InChI=1S/C21H20BrNO4/c1-2-3-7-20-17(15-6-4-5-8-19(15)27-20)12-23-26-13-14-9-10-16(21(24)25)18(22)11-14/h4-6,8-12H,2-3,7,13H2,1H3,(H,24,25). The summed E-state index contributed by atoms with van der Waals surface area (Å²) in [5, 5.41) is 14.2. The number of aromatic carboxylic acids is 1. The molecule has 5 nitrogen and oxygen atoms in total. The average Bonchev–Trinajstić information content (AvgIpc) is 3.01. The molecule has 0 amide bonds. The van der Waals surface area contributed by atoms with Crippen molar-refractivity contribution in [3.05, 3.63) is 69.4 Å². The normalized spacial score (nSPS) is 11.3. The first kappa shape index (κ1) is 19.2. The van der Waals surface area contributed by atoms with E-state index in [1.54, 1.807) is 24.4 Å². The number of oxime groups is 1. The molecule has 1 N–H and O–H groups in total. The van der Waals surface area contributed by atoms with Crippen LogP contribution in [0.25, 0.3) is 11.0 Å². The smallest absolute Gasteiger partial charge is 0.336 e. The average molecular weight is 430 g/mol. The number of carbonyl (C=O) groups is 1. The van der Waals surface area contributed by atoms with Gasteiger partial charge in [-0.15, -0.1) is 0 Å². The quantitative estimate of drug-likeness (QED) is 0.363. The zero-order valence-electron chi connectivity index (χ0n) is 14.9. The number of para-hydroxylation sites is 1. The van der Waals surface area contributed by atoms with Gasteiger partial charge in [-0.1, -0.05) is 42.8 Å². The number of hydrogen-bond donors (Lipinski definition) is 1. The van der Waals surface area contributed by atoms with E-state index in [1.165, 1.54) is 0 Å². The lowest BCUT2D eigenvalue weighted by atomic mass is 10.1. The maximum Gasteiger partial charge on any atom is 0.336 e. The first-order valence-corrected chi connectivity index (χ1v) is 9.57. The number of carboxylic acid groups (broad SMARTS) is 1. The first-order valence-electron chi connectivity index (χ1n) is 8.77. The van der Waals surface area contributed by atoms with Gasteiger partial charge in [0.2, 0.25) is 0 Å². The van der Waals surface area contributed by atoms with Gasteiger partial charge in [-0.3, -0.25) is 0 Å². The minimum Gasteiger partial charge on any atom is -0.478 e. The van der Waals surface area contributed by atoms with E-state index in [9.17, 15) is 4.79 Å². The first-order chi connectivity index (χ1) is 13.1. The van der Waals surface area contributed by atoms with Crippen LogP contribution in [0.15, 0.2) is 56.5 Å². The molecule has 6 heteroatoms. The third-order valence-corrected chi connectivity index (χ3v) is 4.88. The van der Waals surface area contributed by atoms with E-state index < -0.39 is 5.97 Å². The zero-order valence-corrected chi connectivity index (χ0v) is 16.5. The van der Waals surface area contributed by atoms with Crippen molar-refractivity contribution in [3.8, 4) is 0 Å². The molecule has 2 aromatic carbocycles. The Kier molecular flexibility index (Phi) is 6.29. The van der Waals surface area contributed by atoms with E-state index in [0.717, 1.165) is 47.1 Å². The van der Waals surface area contributed by atoms with Crippen molar-refractivity contribution in [2.75, 3.05) is 0 Å². The number of unbranched alkanes of at least 4 members (excludes halogenated alkanes) is 1. The summed E-state index contributed by atoms with van der Waals surface area (Å²) in [5.41, 5.74) is 2.83. The number of aryl methyl sites for hydroxylation is 1. The Bertz CT molecular complexity index is 977. The number of fused-ring (bicyclic) bond motifs is 1. The molecule has 0 fully saturated rings. The second-order valence-electron chi connectivity index (χ2n) is 6.17. The van der Waals surface area contributed by atoms with Gasteiger partial charge < -0.3 is 14.4 Å². The molecule has 1 aromatic heterocycles. The van der Waals surface area contributed by atoms with Crippen LogP contribution in [0.5, 0.6) is 0 Å². The minimum absolute atomic E-state index is 0.215. The molecule has 3 aromatic rings. The summed E-state index contributed by atoms with van der Waals surface area (Å²) < 4.78 is 6.48. The van der Waals surface area contributed by atoms with E-state index in [0.29, 0.717) is 4.47 Å². The van der Waals surface area contributed by atoms with E-state index in [-0.39, 0.29) is 12.2 Å². The third-order valence-electron chi connectivity index (χ3n) is 4.22. The van der Waals surface area contributed by atoms with Crippen molar-refractivity contribution in [2.24, 2.45) is 5.16 Å². The molecule has 0 aliphatic rings. The topological polar surface area (TPSA) is 72.0 Å². The lowest BCUT2D eigenvalue weighted by Crippen LogP contribution is -1.98. The molecule has 3 rings (SSSR count). The molecule has 0 atom stereocenters. The van der Waals surface area contributed by atoms with Gasteiger partial charge in [-0.25, -0.2) is 4.79 Å². The number of rotatable bonds is 8. The molecule has 1 heterocycles.